The minimum atomic E-state index is -0.0936. The van der Waals surface area contributed by atoms with Crippen molar-refractivity contribution in [2.45, 2.75) is 25.8 Å². The average molecular weight is 243 g/mol. The molecule has 0 fully saturated rings. The zero-order chi connectivity index (χ0) is 12.8. The van der Waals surface area contributed by atoms with E-state index >= 15 is 0 Å². The summed E-state index contributed by atoms with van der Waals surface area (Å²) in [6.07, 6.45) is 2.98. The maximum absolute atomic E-state index is 11.5. The standard InChI is InChI=1S/C14H17N3O/c15-13-9-10-14(18)17(16-13)11-5-4-8-12-6-2-1-3-7-12/h1-3,6-7,9-10H,4-5,8,11H2,(H2,15,16). The molecule has 0 aliphatic rings. The number of benzene rings is 1. The third kappa shape index (κ3) is 3.45. The summed E-state index contributed by atoms with van der Waals surface area (Å²) >= 11 is 0. The molecule has 4 heteroatoms. The first-order valence-corrected chi connectivity index (χ1v) is 6.13. The van der Waals surface area contributed by atoms with Crippen molar-refractivity contribution >= 4 is 5.82 Å². The van der Waals surface area contributed by atoms with Gasteiger partial charge in [-0.1, -0.05) is 30.3 Å². The first-order valence-electron chi connectivity index (χ1n) is 6.13. The third-order valence-corrected chi connectivity index (χ3v) is 2.82. The maximum Gasteiger partial charge on any atom is 0.266 e. The summed E-state index contributed by atoms with van der Waals surface area (Å²) < 4.78 is 1.43. The van der Waals surface area contributed by atoms with Crippen molar-refractivity contribution in [3.63, 3.8) is 0 Å². The van der Waals surface area contributed by atoms with Gasteiger partial charge in [-0.25, -0.2) is 4.68 Å². The summed E-state index contributed by atoms with van der Waals surface area (Å²) in [5.74, 6) is 0.387. The van der Waals surface area contributed by atoms with Gasteiger partial charge in [-0.2, -0.15) is 5.10 Å². The van der Waals surface area contributed by atoms with Gasteiger partial charge < -0.3 is 5.73 Å². The Hall–Kier alpha value is -2.10. The Balaban J connectivity index is 1.82. The van der Waals surface area contributed by atoms with E-state index in [0.29, 0.717) is 12.4 Å². The number of hydrogen-bond acceptors (Lipinski definition) is 3. The molecule has 1 heterocycles. The molecule has 1 aromatic carbocycles. The quantitative estimate of drug-likeness (QED) is 0.815. The van der Waals surface area contributed by atoms with Gasteiger partial charge in [0.25, 0.3) is 5.56 Å². The lowest BCUT2D eigenvalue weighted by atomic mass is 10.1. The van der Waals surface area contributed by atoms with Gasteiger partial charge in [-0.3, -0.25) is 4.79 Å². The average Bonchev–Trinajstić information content (AvgIpc) is 2.40. The largest absolute Gasteiger partial charge is 0.382 e. The molecule has 0 unspecified atom stereocenters. The molecular formula is C14H17N3O. The number of nitrogens with zero attached hydrogens (tertiary/aromatic N) is 2. The highest BCUT2D eigenvalue weighted by Crippen LogP contribution is 2.05. The van der Waals surface area contributed by atoms with Crippen molar-refractivity contribution < 1.29 is 0 Å². The fourth-order valence-electron chi connectivity index (χ4n) is 1.86. The van der Waals surface area contributed by atoms with Gasteiger partial charge in [0, 0.05) is 12.6 Å². The maximum atomic E-state index is 11.5. The topological polar surface area (TPSA) is 60.9 Å². The van der Waals surface area contributed by atoms with E-state index in [0.717, 1.165) is 19.3 Å². The summed E-state index contributed by atoms with van der Waals surface area (Å²) in [6, 6.07) is 13.3. The molecule has 0 atom stereocenters. The molecule has 0 spiro atoms. The van der Waals surface area contributed by atoms with E-state index in [4.69, 9.17) is 5.73 Å². The van der Waals surface area contributed by atoms with Gasteiger partial charge in [0.05, 0.1) is 0 Å². The third-order valence-electron chi connectivity index (χ3n) is 2.82. The highest BCUT2D eigenvalue weighted by molar-refractivity contribution is 5.23. The van der Waals surface area contributed by atoms with Crippen LogP contribution in [0.3, 0.4) is 0 Å². The molecule has 94 valence electrons. The second kappa shape index (κ2) is 6.00. The summed E-state index contributed by atoms with van der Waals surface area (Å²) in [5, 5.41) is 4.00. The number of aryl methyl sites for hydroxylation is 2. The van der Waals surface area contributed by atoms with Gasteiger partial charge in [0.1, 0.15) is 5.82 Å². The SMILES string of the molecule is Nc1ccc(=O)n(CCCCc2ccccc2)n1. The highest BCUT2D eigenvalue weighted by atomic mass is 16.1. The number of rotatable bonds is 5. The lowest BCUT2D eigenvalue weighted by Crippen LogP contribution is -2.22. The number of aromatic nitrogens is 2. The van der Waals surface area contributed by atoms with Gasteiger partial charge in [0.15, 0.2) is 0 Å². The van der Waals surface area contributed by atoms with Crippen molar-refractivity contribution in [3.05, 3.63) is 58.4 Å². The minimum Gasteiger partial charge on any atom is -0.382 e. The van der Waals surface area contributed by atoms with Gasteiger partial charge in [-0.05, 0) is 30.9 Å². The number of unbranched alkanes of at least 4 members (excludes halogenated alkanes) is 1. The Kier molecular flexibility index (Phi) is 4.12. The fraction of sp³-hybridized carbons (Fsp3) is 0.286. The molecule has 0 bridgehead atoms. The molecule has 2 N–H and O–H groups in total. The molecule has 1 aromatic heterocycles. The smallest absolute Gasteiger partial charge is 0.266 e. The Labute approximate surface area is 106 Å². The van der Waals surface area contributed by atoms with Crippen LogP contribution in [-0.4, -0.2) is 9.78 Å². The Morgan fingerprint density at radius 2 is 1.83 bits per heavy atom. The van der Waals surface area contributed by atoms with Gasteiger partial charge >= 0.3 is 0 Å². The van der Waals surface area contributed by atoms with Crippen LogP contribution >= 0.6 is 0 Å². The van der Waals surface area contributed by atoms with Crippen molar-refractivity contribution in [1.29, 1.82) is 0 Å². The van der Waals surface area contributed by atoms with E-state index in [9.17, 15) is 4.79 Å². The lowest BCUT2D eigenvalue weighted by molar-refractivity contribution is 0.534. The van der Waals surface area contributed by atoms with Crippen LogP contribution in [0.4, 0.5) is 5.82 Å². The molecule has 0 saturated carbocycles. The second-order valence-electron chi connectivity index (χ2n) is 4.26. The Morgan fingerprint density at radius 3 is 2.61 bits per heavy atom. The summed E-state index contributed by atoms with van der Waals surface area (Å²) in [5.41, 5.74) is 6.78. The Bertz CT molecular complexity index is 548. The molecule has 0 saturated heterocycles. The van der Waals surface area contributed by atoms with E-state index < -0.39 is 0 Å². The molecule has 0 amide bonds. The zero-order valence-electron chi connectivity index (χ0n) is 10.2. The van der Waals surface area contributed by atoms with Crippen LogP contribution in [0.5, 0.6) is 0 Å². The lowest BCUT2D eigenvalue weighted by Gasteiger charge is -2.05. The molecule has 2 aromatic rings. The number of nitrogens with two attached hydrogens (primary N) is 1. The normalized spacial score (nSPS) is 10.4. The fourth-order valence-corrected chi connectivity index (χ4v) is 1.86. The number of hydrogen-bond donors (Lipinski definition) is 1. The van der Waals surface area contributed by atoms with E-state index in [2.05, 4.69) is 17.2 Å². The summed E-state index contributed by atoms with van der Waals surface area (Å²) in [4.78, 5) is 11.5. The van der Waals surface area contributed by atoms with Crippen LogP contribution in [0.2, 0.25) is 0 Å². The number of anilines is 1. The van der Waals surface area contributed by atoms with E-state index in [1.807, 2.05) is 18.2 Å². The van der Waals surface area contributed by atoms with Crippen LogP contribution in [0.25, 0.3) is 0 Å². The van der Waals surface area contributed by atoms with E-state index in [1.54, 1.807) is 0 Å². The van der Waals surface area contributed by atoms with Crippen LogP contribution < -0.4 is 11.3 Å². The van der Waals surface area contributed by atoms with Crippen molar-refractivity contribution in [3.8, 4) is 0 Å². The molecule has 2 rings (SSSR count). The van der Waals surface area contributed by atoms with Crippen LogP contribution in [0, 0.1) is 0 Å². The molecule has 0 aliphatic heterocycles. The van der Waals surface area contributed by atoms with Gasteiger partial charge in [0.2, 0.25) is 0 Å². The van der Waals surface area contributed by atoms with E-state index in [-0.39, 0.29) is 5.56 Å². The van der Waals surface area contributed by atoms with Gasteiger partial charge in [-0.15, -0.1) is 0 Å². The molecule has 18 heavy (non-hydrogen) atoms. The zero-order valence-corrected chi connectivity index (χ0v) is 10.2. The monoisotopic (exact) mass is 243 g/mol. The first-order chi connectivity index (χ1) is 8.75. The summed E-state index contributed by atoms with van der Waals surface area (Å²) in [6.45, 7) is 0.622. The van der Waals surface area contributed by atoms with Crippen molar-refractivity contribution in [2.75, 3.05) is 5.73 Å². The van der Waals surface area contributed by atoms with Crippen LogP contribution in [-0.2, 0) is 13.0 Å². The van der Waals surface area contributed by atoms with Crippen LogP contribution in [0.15, 0.2) is 47.3 Å². The minimum absolute atomic E-state index is 0.0936. The predicted molar refractivity (Wildman–Crippen MR) is 72.3 cm³/mol. The second-order valence-corrected chi connectivity index (χ2v) is 4.26. The Morgan fingerprint density at radius 1 is 1.06 bits per heavy atom. The van der Waals surface area contributed by atoms with Crippen molar-refractivity contribution in [1.82, 2.24) is 9.78 Å². The molecule has 4 nitrogen and oxygen atoms in total. The highest BCUT2D eigenvalue weighted by Gasteiger charge is 1.98. The number of nitrogen functional groups attached to an aromatic ring is 1. The first kappa shape index (κ1) is 12.4. The van der Waals surface area contributed by atoms with Crippen LogP contribution in [0.1, 0.15) is 18.4 Å². The predicted octanol–water partition coefficient (Wildman–Crippen LogP) is 1.85. The summed E-state index contributed by atoms with van der Waals surface area (Å²) in [7, 11) is 0. The molecular weight excluding hydrogens is 226 g/mol. The molecule has 0 radical (unpaired) electrons. The van der Waals surface area contributed by atoms with E-state index in [1.165, 1.54) is 22.4 Å². The molecule has 0 aliphatic carbocycles. The van der Waals surface area contributed by atoms with Crippen molar-refractivity contribution in [2.24, 2.45) is 0 Å².